The summed E-state index contributed by atoms with van der Waals surface area (Å²) in [5.41, 5.74) is 0.115. The maximum atomic E-state index is 5.97. The van der Waals surface area contributed by atoms with Crippen molar-refractivity contribution in [2.45, 2.75) is 24.1 Å². The van der Waals surface area contributed by atoms with Gasteiger partial charge in [0.25, 0.3) is 0 Å². The minimum Gasteiger partial charge on any atom is -0.403 e. The van der Waals surface area contributed by atoms with Crippen LogP contribution in [-0.2, 0) is 9.47 Å². The number of rotatable bonds is 0. The molecular weight excluding hydrogens is 260 g/mol. The lowest BCUT2D eigenvalue weighted by Gasteiger charge is -2.38. The lowest BCUT2D eigenvalue weighted by Crippen LogP contribution is -2.50. The molecule has 84 valence electrons. The number of aliphatic hydroxyl groups is 2. The van der Waals surface area contributed by atoms with Crippen LogP contribution in [0.25, 0.3) is 0 Å². The fraction of sp³-hybridized carbons (Fsp3) is 0.818. The van der Waals surface area contributed by atoms with E-state index in [-0.39, 0.29) is 10.4 Å². The molecule has 0 aromatic rings. The van der Waals surface area contributed by atoms with Crippen LogP contribution in [0.1, 0.15) is 13.3 Å². The SMILES string of the molecule is CC12CCOCC1C[OH+]C21C=CC(Br)O1. The minimum atomic E-state index is -0.393. The summed E-state index contributed by atoms with van der Waals surface area (Å²) in [6.45, 7) is 4.80. The van der Waals surface area contributed by atoms with Crippen LogP contribution in [0, 0.1) is 11.3 Å². The van der Waals surface area contributed by atoms with Gasteiger partial charge in [-0.05, 0) is 19.4 Å². The van der Waals surface area contributed by atoms with Crippen molar-refractivity contribution in [3.05, 3.63) is 12.2 Å². The third-order valence-corrected chi connectivity index (χ3v) is 4.61. The number of hydrogen-bond acceptors (Lipinski definition) is 2. The molecule has 0 aromatic heterocycles. The zero-order chi connectivity index (χ0) is 10.5. The Labute approximate surface area is 97.9 Å². The molecule has 3 aliphatic heterocycles. The number of alkyl halides is 1. The Balaban J connectivity index is 1.95. The van der Waals surface area contributed by atoms with Gasteiger partial charge in [0.2, 0.25) is 0 Å². The van der Waals surface area contributed by atoms with E-state index in [9.17, 15) is 0 Å². The highest BCUT2D eigenvalue weighted by Crippen LogP contribution is 2.54. The molecule has 0 saturated carbocycles. The first-order chi connectivity index (χ1) is 7.16. The zero-order valence-corrected chi connectivity index (χ0v) is 10.4. The molecule has 15 heavy (non-hydrogen) atoms. The second-order valence-corrected chi connectivity index (χ2v) is 5.71. The summed E-state index contributed by atoms with van der Waals surface area (Å²) in [5.74, 6) is 0.115. The molecule has 4 heteroatoms. The Hall–Kier alpha value is 0.1000. The van der Waals surface area contributed by atoms with Crippen LogP contribution in [-0.4, -0.2) is 35.4 Å². The summed E-state index contributed by atoms with van der Waals surface area (Å²) in [5, 5.41) is 0.0136. The molecule has 0 aliphatic carbocycles. The first-order valence-corrected chi connectivity index (χ1v) is 6.35. The van der Waals surface area contributed by atoms with Crippen LogP contribution >= 0.6 is 15.9 Å². The maximum absolute atomic E-state index is 5.97. The molecule has 3 aliphatic rings. The number of fused-ring (bicyclic) bond motifs is 2. The normalized spacial score (nSPS) is 53.7. The number of ether oxygens (including phenoxy) is 3. The molecule has 1 spiro atoms. The third-order valence-electron chi connectivity index (χ3n) is 4.12. The van der Waals surface area contributed by atoms with Gasteiger partial charge in [-0.25, -0.2) is 0 Å². The van der Waals surface area contributed by atoms with Crippen LogP contribution in [0.5, 0.6) is 0 Å². The highest BCUT2D eigenvalue weighted by molar-refractivity contribution is 9.09. The predicted octanol–water partition coefficient (Wildman–Crippen LogP) is 1.57. The van der Waals surface area contributed by atoms with Crippen molar-refractivity contribution >= 4 is 15.9 Å². The molecule has 3 heterocycles. The maximum Gasteiger partial charge on any atom is 0.302 e. The Morgan fingerprint density at radius 3 is 3.13 bits per heavy atom. The van der Waals surface area contributed by atoms with Gasteiger partial charge in [0.1, 0.15) is 5.01 Å². The van der Waals surface area contributed by atoms with Gasteiger partial charge in [-0.1, -0.05) is 15.9 Å². The molecule has 3 rings (SSSR count). The van der Waals surface area contributed by atoms with Crippen molar-refractivity contribution in [2.24, 2.45) is 11.3 Å². The van der Waals surface area contributed by atoms with Gasteiger partial charge in [-0.3, -0.25) is 4.74 Å². The van der Waals surface area contributed by atoms with E-state index >= 15 is 0 Å². The topological polar surface area (TPSA) is 31.3 Å². The molecule has 0 radical (unpaired) electrons. The second-order valence-electron chi connectivity index (χ2n) is 4.80. The van der Waals surface area contributed by atoms with Gasteiger partial charge < -0.3 is 9.47 Å². The second kappa shape index (κ2) is 3.29. The number of halogens is 1. The van der Waals surface area contributed by atoms with Crippen LogP contribution < -0.4 is 0 Å². The van der Waals surface area contributed by atoms with Crippen molar-refractivity contribution in [1.82, 2.24) is 0 Å². The first kappa shape index (κ1) is 10.3. The van der Waals surface area contributed by atoms with E-state index in [1.54, 1.807) is 0 Å². The van der Waals surface area contributed by atoms with Gasteiger partial charge in [-0.15, -0.1) is 0 Å². The Bertz CT molecular complexity index is 306. The van der Waals surface area contributed by atoms with Gasteiger partial charge in [0.15, 0.2) is 6.61 Å². The third kappa shape index (κ3) is 1.28. The minimum absolute atomic E-state index is 0.0136. The molecule has 4 unspecified atom stereocenters. The van der Waals surface area contributed by atoms with E-state index in [0.717, 1.165) is 26.2 Å². The smallest absolute Gasteiger partial charge is 0.302 e. The monoisotopic (exact) mass is 275 g/mol. The van der Waals surface area contributed by atoms with Crippen molar-refractivity contribution in [2.75, 3.05) is 19.8 Å². The van der Waals surface area contributed by atoms with Crippen LogP contribution in [0.4, 0.5) is 0 Å². The molecular formula is C11H16BrO3+. The van der Waals surface area contributed by atoms with Crippen molar-refractivity contribution in [3.8, 4) is 0 Å². The summed E-state index contributed by atoms with van der Waals surface area (Å²) < 4.78 is 16.2. The molecule has 2 fully saturated rings. The molecule has 0 bridgehead atoms. The molecule has 2 saturated heterocycles. The van der Waals surface area contributed by atoms with Crippen molar-refractivity contribution < 1.29 is 14.2 Å². The average molecular weight is 276 g/mol. The molecule has 0 amide bonds. The summed E-state index contributed by atoms with van der Waals surface area (Å²) >= 11 is 3.46. The fourth-order valence-electron chi connectivity index (χ4n) is 2.92. The number of hydrogen-bond donors (Lipinski definition) is 0. The quantitative estimate of drug-likeness (QED) is 0.382. The molecule has 1 N–H and O–H groups in total. The van der Waals surface area contributed by atoms with Gasteiger partial charge in [-0.2, -0.15) is 0 Å². The molecule has 0 aromatic carbocycles. The Morgan fingerprint density at radius 2 is 2.40 bits per heavy atom. The van der Waals surface area contributed by atoms with Crippen LogP contribution in [0.3, 0.4) is 0 Å². The van der Waals surface area contributed by atoms with Crippen LogP contribution in [0.15, 0.2) is 12.2 Å². The first-order valence-electron chi connectivity index (χ1n) is 5.44. The van der Waals surface area contributed by atoms with E-state index in [4.69, 9.17) is 14.2 Å². The summed E-state index contributed by atoms with van der Waals surface area (Å²) in [6.07, 6.45) is 5.20. The predicted molar refractivity (Wildman–Crippen MR) is 59.8 cm³/mol. The fourth-order valence-corrected chi connectivity index (χ4v) is 3.36. The Kier molecular flexibility index (Phi) is 2.26. The highest BCUT2D eigenvalue weighted by Gasteiger charge is 2.66. The summed E-state index contributed by atoms with van der Waals surface area (Å²) in [4.78, 5) is 0. The van der Waals surface area contributed by atoms with Crippen molar-refractivity contribution in [1.29, 1.82) is 0 Å². The standard InChI is InChI=1S/C11H15BrO3/c1-10-4-5-13-6-8(10)7-14-11(10)3-2-9(12)15-11/h2-3,8-9H,4-7H2,1H3/p+1. The van der Waals surface area contributed by atoms with E-state index in [1.165, 1.54) is 0 Å². The molecule has 3 nitrogen and oxygen atoms in total. The van der Waals surface area contributed by atoms with E-state index in [1.807, 2.05) is 6.08 Å². The van der Waals surface area contributed by atoms with E-state index in [0.29, 0.717) is 5.92 Å². The average Bonchev–Trinajstić information content (AvgIpc) is 2.72. The molecule has 4 atom stereocenters. The summed E-state index contributed by atoms with van der Waals surface area (Å²) in [6, 6.07) is 0. The Morgan fingerprint density at radius 1 is 1.53 bits per heavy atom. The summed E-state index contributed by atoms with van der Waals surface area (Å²) in [7, 11) is 0. The van der Waals surface area contributed by atoms with Gasteiger partial charge in [0.05, 0.1) is 17.9 Å². The lowest BCUT2D eigenvalue weighted by molar-refractivity contribution is -0.294. The largest absolute Gasteiger partial charge is 0.403 e. The highest BCUT2D eigenvalue weighted by atomic mass is 79.9. The van der Waals surface area contributed by atoms with Gasteiger partial charge in [0, 0.05) is 12.7 Å². The van der Waals surface area contributed by atoms with E-state index in [2.05, 4.69) is 28.9 Å². The van der Waals surface area contributed by atoms with Crippen molar-refractivity contribution in [3.63, 3.8) is 0 Å². The van der Waals surface area contributed by atoms with Crippen LogP contribution in [0.2, 0.25) is 0 Å². The lowest BCUT2D eigenvalue weighted by atomic mass is 9.70. The van der Waals surface area contributed by atoms with Gasteiger partial charge >= 0.3 is 5.79 Å². The zero-order valence-electron chi connectivity index (χ0n) is 8.78. The van der Waals surface area contributed by atoms with E-state index < -0.39 is 5.79 Å².